The summed E-state index contributed by atoms with van der Waals surface area (Å²) in [5.74, 6) is 0.634. The summed E-state index contributed by atoms with van der Waals surface area (Å²) in [6.07, 6.45) is -2.14. The number of hydrogen-bond acceptors (Lipinski definition) is 6. The van der Waals surface area contributed by atoms with Crippen LogP contribution in [0.5, 0.6) is 0 Å². The van der Waals surface area contributed by atoms with Gasteiger partial charge in [-0.25, -0.2) is 9.67 Å². The lowest BCUT2D eigenvalue weighted by Crippen LogP contribution is -2.51. The van der Waals surface area contributed by atoms with Crippen molar-refractivity contribution in [3.63, 3.8) is 0 Å². The van der Waals surface area contributed by atoms with Crippen molar-refractivity contribution < 1.29 is 22.4 Å². The standard InChI is InChI=1S/C21H20F3N5O3/c1-14(29-19(30)7-5-16(26-29)17-3-2-12-32-17)20(31)28-10-8-27(9-11-28)18-6-4-15(13-25-18)21(22,23)24/h2-7,12-14H,8-11H2,1H3. The van der Waals surface area contributed by atoms with Gasteiger partial charge in [0.1, 0.15) is 17.6 Å². The minimum absolute atomic E-state index is 0.267. The maximum absolute atomic E-state index is 13.0. The molecule has 0 bridgehead atoms. The van der Waals surface area contributed by atoms with E-state index in [0.717, 1.165) is 16.9 Å². The van der Waals surface area contributed by atoms with Crippen LogP contribution in [0.15, 0.2) is 58.1 Å². The Hall–Kier alpha value is -3.63. The zero-order chi connectivity index (χ0) is 22.9. The van der Waals surface area contributed by atoms with Crippen LogP contribution in [0.4, 0.5) is 19.0 Å². The number of amides is 1. The van der Waals surface area contributed by atoms with Gasteiger partial charge >= 0.3 is 6.18 Å². The second kappa shape index (κ2) is 8.48. The van der Waals surface area contributed by atoms with Gasteiger partial charge in [0, 0.05) is 38.4 Å². The third-order valence-corrected chi connectivity index (χ3v) is 5.31. The van der Waals surface area contributed by atoms with Gasteiger partial charge in [-0.2, -0.15) is 18.3 Å². The molecule has 168 valence electrons. The van der Waals surface area contributed by atoms with E-state index in [1.807, 2.05) is 4.90 Å². The van der Waals surface area contributed by atoms with E-state index in [9.17, 15) is 22.8 Å². The lowest BCUT2D eigenvalue weighted by atomic mass is 10.2. The Bertz CT molecular complexity index is 1130. The molecule has 1 saturated heterocycles. The summed E-state index contributed by atoms with van der Waals surface area (Å²) in [5.41, 5.74) is -0.778. The van der Waals surface area contributed by atoms with E-state index in [0.29, 0.717) is 43.5 Å². The molecule has 1 aliphatic heterocycles. The number of pyridine rings is 1. The van der Waals surface area contributed by atoms with Gasteiger partial charge in [-0.05, 0) is 37.3 Å². The molecule has 0 aliphatic carbocycles. The average Bonchev–Trinajstić information content (AvgIpc) is 3.33. The second-order valence-corrected chi connectivity index (χ2v) is 7.37. The molecule has 0 aromatic carbocycles. The largest absolute Gasteiger partial charge is 0.463 e. The van der Waals surface area contributed by atoms with Crippen molar-refractivity contribution in [3.05, 3.63) is 64.8 Å². The number of alkyl halides is 3. The van der Waals surface area contributed by atoms with E-state index >= 15 is 0 Å². The fraction of sp³-hybridized carbons (Fsp3) is 0.333. The molecule has 4 rings (SSSR count). The first-order valence-corrected chi connectivity index (χ1v) is 9.95. The highest BCUT2D eigenvalue weighted by Crippen LogP contribution is 2.29. The van der Waals surface area contributed by atoms with E-state index in [-0.39, 0.29) is 5.91 Å². The van der Waals surface area contributed by atoms with E-state index < -0.39 is 23.3 Å². The molecule has 3 aromatic rings. The number of carbonyl (C=O) groups excluding carboxylic acids is 1. The number of carbonyl (C=O) groups is 1. The summed E-state index contributed by atoms with van der Waals surface area (Å²) in [6, 6.07) is 7.77. The number of aromatic nitrogens is 3. The molecule has 1 unspecified atom stereocenters. The third-order valence-electron chi connectivity index (χ3n) is 5.31. The Morgan fingerprint density at radius 1 is 1.09 bits per heavy atom. The molecule has 0 N–H and O–H groups in total. The van der Waals surface area contributed by atoms with Crippen LogP contribution in [0.25, 0.3) is 11.5 Å². The maximum Gasteiger partial charge on any atom is 0.417 e. The minimum Gasteiger partial charge on any atom is -0.463 e. The van der Waals surface area contributed by atoms with Gasteiger partial charge < -0.3 is 14.2 Å². The van der Waals surface area contributed by atoms with E-state index in [4.69, 9.17) is 4.42 Å². The summed E-state index contributed by atoms with van der Waals surface area (Å²) in [4.78, 5) is 32.6. The first kappa shape index (κ1) is 21.6. The Morgan fingerprint density at radius 2 is 1.84 bits per heavy atom. The first-order valence-electron chi connectivity index (χ1n) is 9.95. The average molecular weight is 447 g/mol. The lowest BCUT2D eigenvalue weighted by molar-refractivity contribution is -0.138. The number of halogens is 3. The molecule has 1 amide bonds. The molecule has 0 saturated carbocycles. The summed E-state index contributed by atoms with van der Waals surface area (Å²) >= 11 is 0. The van der Waals surface area contributed by atoms with Crippen LogP contribution >= 0.6 is 0 Å². The highest BCUT2D eigenvalue weighted by atomic mass is 19.4. The molecular weight excluding hydrogens is 427 g/mol. The Labute approximate surface area is 180 Å². The van der Waals surface area contributed by atoms with E-state index in [2.05, 4.69) is 10.1 Å². The monoisotopic (exact) mass is 447 g/mol. The van der Waals surface area contributed by atoms with Crippen LogP contribution < -0.4 is 10.5 Å². The summed E-state index contributed by atoms with van der Waals surface area (Å²) in [6.45, 7) is 3.11. The fourth-order valence-corrected chi connectivity index (χ4v) is 3.52. The van der Waals surface area contributed by atoms with Gasteiger partial charge in [-0.15, -0.1) is 0 Å². The number of hydrogen-bond donors (Lipinski definition) is 0. The van der Waals surface area contributed by atoms with Crippen LogP contribution in [0.1, 0.15) is 18.5 Å². The van der Waals surface area contributed by atoms with Gasteiger partial charge in [-0.1, -0.05) is 0 Å². The van der Waals surface area contributed by atoms with Crippen LogP contribution in [-0.2, 0) is 11.0 Å². The maximum atomic E-state index is 13.0. The number of rotatable bonds is 4. The smallest absolute Gasteiger partial charge is 0.417 e. The molecule has 11 heteroatoms. The van der Waals surface area contributed by atoms with Crippen LogP contribution in [-0.4, -0.2) is 51.8 Å². The Balaban J connectivity index is 1.42. The van der Waals surface area contributed by atoms with Crippen LogP contribution in [0, 0.1) is 0 Å². The molecule has 0 radical (unpaired) electrons. The number of nitrogens with zero attached hydrogens (tertiary/aromatic N) is 5. The van der Waals surface area contributed by atoms with Crippen molar-refractivity contribution in [2.24, 2.45) is 0 Å². The first-order chi connectivity index (χ1) is 15.2. The zero-order valence-corrected chi connectivity index (χ0v) is 17.1. The molecule has 3 aromatic heterocycles. The predicted molar refractivity (Wildman–Crippen MR) is 109 cm³/mol. The highest BCUT2D eigenvalue weighted by Gasteiger charge is 2.31. The molecule has 1 fully saturated rings. The zero-order valence-electron chi connectivity index (χ0n) is 17.1. The number of piperazine rings is 1. The van der Waals surface area contributed by atoms with E-state index in [1.165, 1.54) is 24.5 Å². The number of furan rings is 1. The third kappa shape index (κ3) is 4.36. The topological polar surface area (TPSA) is 84.5 Å². The SMILES string of the molecule is CC(C(=O)N1CCN(c2ccc(C(F)(F)F)cn2)CC1)n1nc(-c2ccco2)ccc1=O. The van der Waals surface area contributed by atoms with Gasteiger partial charge in [0.25, 0.3) is 5.56 Å². The Kier molecular flexibility index (Phi) is 5.72. The van der Waals surface area contributed by atoms with Gasteiger partial charge in [0.2, 0.25) is 5.91 Å². The van der Waals surface area contributed by atoms with Crippen molar-refractivity contribution in [2.75, 3.05) is 31.1 Å². The molecule has 1 atom stereocenters. The molecule has 1 aliphatic rings. The predicted octanol–water partition coefficient (Wildman–Crippen LogP) is 2.83. The number of anilines is 1. The van der Waals surface area contributed by atoms with Crippen molar-refractivity contribution in [2.45, 2.75) is 19.1 Å². The van der Waals surface area contributed by atoms with Crippen molar-refractivity contribution >= 4 is 11.7 Å². The normalized spacial score (nSPS) is 15.6. The molecule has 8 nitrogen and oxygen atoms in total. The highest BCUT2D eigenvalue weighted by molar-refractivity contribution is 5.80. The minimum atomic E-state index is -4.44. The quantitative estimate of drug-likeness (QED) is 0.612. The van der Waals surface area contributed by atoms with Crippen molar-refractivity contribution in [3.8, 4) is 11.5 Å². The molecule has 4 heterocycles. The molecular formula is C21H20F3N5O3. The lowest BCUT2D eigenvalue weighted by Gasteiger charge is -2.36. The Morgan fingerprint density at radius 3 is 2.44 bits per heavy atom. The van der Waals surface area contributed by atoms with Gasteiger partial charge in [0.15, 0.2) is 5.76 Å². The fourth-order valence-electron chi connectivity index (χ4n) is 3.52. The summed E-state index contributed by atoms with van der Waals surface area (Å²) in [7, 11) is 0. The summed E-state index contributed by atoms with van der Waals surface area (Å²) < 4.78 is 44.6. The van der Waals surface area contributed by atoms with Crippen molar-refractivity contribution in [1.29, 1.82) is 0 Å². The van der Waals surface area contributed by atoms with E-state index in [1.54, 1.807) is 24.0 Å². The van der Waals surface area contributed by atoms with Crippen molar-refractivity contribution in [1.82, 2.24) is 19.7 Å². The molecule has 0 spiro atoms. The summed E-state index contributed by atoms with van der Waals surface area (Å²) in [5, 5.41) is 4.27. The molecule has 32 heavy (non-hydrogen) atoms. The van der Waals surface area contributed by atoms with Crippen LogP contribution in [0.3, 0.4) is 0 Å². The van der Waals surface area contributed by atoms with Gasteiger partial charge in [-0.3, -0.25) is 9.59 Å². The second-order valence-electron chi connectivity index (χ2n) is 7.37. The van der Waals surface area contributed by atoms with Gasteiger partial charge in [0.05, 0.1) is 11.8 Å². The van der Waals surface area contributed by atoms with Crippen LogP contribution in [0.2, 0.25) is 0 Å².